The normalized spacial score (nSPS) is 12.0. The van der Waals surface area contributed by atoms with Gasteiger partial charge in [0.1, 0.15) is 4.47 Å². The van der Waals surface area contributed by atoms with E-state index in [1.807, 2.05) is 30.3 Å². The molecule has 4 nitrogen and oxygen atoms in total. The Balaban J connectivity index is 2.04. The topological polar surface area (TPSA) is 46.9 Å². The van der Waals surface area contributed by atoms with Crippen molar-refractivity contribution in [2.75, 3.05) is 5.32 Å². The number of halogens is 2. The van der Waals surface area contributed by atoms with Crippen LogP contribution < -0.4 is 10.9 Å². The second-order valence-electron chi connectivity index (χ2n) is 5.34. The van der Waals surface area contributed by atoms with Crippen LogP contribution in [0.2, 0.25) is 0 Å². The van der Waals surface area contributed by atoms with Gasteiger partial charge in [-0.2, -0.15) is 5.10 Å². The molecule has 1 atom stereocenters. The summed E-state index contributed by atoms with van der Waals surface area (Å²) in [5.41, 5.74) is 2.68. The van der Waals surface area contributed by atoms with Crippen LogP contribution in [0.15, 0.2) is 74.5 Å². The largest absolute Gasteiger partial charge is 0.372 e. The predicted octanol–water partition coefficient (Wildman–Crippen LogP) is 4.51. The van der Waals surface area contributed by atoms with Crippen molar-refractivity contribution in [1.82, 2.24) is 9.78 Å². The number of nitrogens with zero attached hydrogens (tertiary/aromatic N) is 2. The smallest absolute Gasteiger partial charge is 0.282 e. The van der Waals surface area contributed by atoms with E-state index in [1.54, 1.807) is 13.2 Å². The molecular formula is C18H15Br2N3O. The molecule has 0 radical (unpaired) electrons. The minimum Gasteiger partial charge on any atom is -0.372 e. The van der Waals surface area contributed by atoms with E-state index in [9.17, 15) is 4.79 Å². The molecular weight excluding hydrogens is 434 g/mol. The molecule has 3 aromatic rings. The maximum Gasteiger partial charge on any atom is 0.282 e. The summed E-state index contributed by atoms with van der Waals surface area (Å²) in [6.45, 7) is 0. The Morgan fingerprint density at radius 1 is 1.00 bits per heavy atom. The SMILES string of the molecule is Cn1ncc(NC(c2ccccc2)c2ccc(Br)cc2)c(Br)c1=O. The number of aryl methyl sites for hydroxylation is 1. The summed E-state index contributed by atoms with van der Waals surface area (Å²) in [6.07, 6.45) is 1.65. The molecule has 122 valence electrons. The number of hydrogen-bond acceptors (Lipinski definition) is 3. The molecule has 0 saturated heterocycles. The first kappa shape index (κ1) is 16.9. The van der Waals surface area contributed by atoms with Gasteiger partial charge in [0, 0.05) is 11.5 Å². The average molecular weight is 449 g/mol. The summed E-state index contributed by atoms with van der Waals surface area (Å²) >= 11 is 6.84. The number of rotatable bonds is 4. The molecule has 0 fully saturated rings. The van der Waals surface area contributed by atoms with E-state index < -0.39 is 0 Å². The van der Waals surface area contributed by atoms with Crippen LogP contribution in [0.25, 0.3) is 0 Å². The second kappa shape index (κ2) is 7.32. The quantitative estimate of drug-likeness (QED) is 0.638. The first-order chi connectivity index (χ1) is 11.6. The Labute approximate surface area is 156 Å². The third-order valence-electron chi connectivity index (χ3n) is 3.71. The maximum absolute atomic E-state index is 12.1. The highest BCUT2D eigenvalue weighted by Gasteiger charge is 2.17. The summed E-state index contributed by atoms with van der Waals surface area (Å²) in [4.78, 5) is 12.1. The highest BCUT2D eigenvalue weighted by molar-refractivity contribution is 9.10. The fourth-order valence-corrected chi connectivity index (χ4v) is 3.16. The molecule has 3 rings (SSSR count). The van der Waals surface area contributed by atoms with E-state index in [2.05, 4.69) is 66.5 Å². The highest BCUT2D eigenvalue weighted by Crippen LogP contribution is 2.29. The molecule has 1 aromatic heterocycles. The number of anilines is 1. The van der Waals surface area contributed by atoms with Crippen molar-refractivity contribution in [3.63, 3.8) is 0 Å². The van der Waals surface area contributed by atoms with Crippen molar-refractivity contribution in [2.24, 2.45) is 7.05 Å². The lowest BCUT2D eigenvalue weighted by Gasteiger charge is -2.21. The van der Waals surface area contributed by atoms with Crippen molar-refractivity contribution in [2.45, 2.75) is 6.04 Å². The Hall–Kier alpha value is -1.92. The van der Waals surface area contributed by atoms with Crippen molar-refractivity contribution in [3.8, 4) is 0 Å². The van der Waals surface area contributed by atoms with E-state index in [-0.39, 0.29) is 11.6 Å². The fraction of sp³-hybridized carbons (Fsp3) is 0.111. The lowest BCUT2D eigenvalue weighted by atomic mass is 9.98. The molecule has 0 saturated carbocycles. The molecule has 6 heteroatoms. The third kappa shape index (κ3) is 3.60. The monoisotopic (exact) mass is 447 g/mol. The first-order valence-corrected chi connectivity index (χ1v) is 8.93. The van der Waals surface area contributed by atoms with Gasteiger partial charge in [-0.25, -0.2) is 4.68 Å². The zero-order valence-corrected chi connectivity index (χ0v) is 16.1. The van der Waals surface area contributed by atoms with Crippen LogP contribution in [0.3, 0.4) is 0 Å². The lowest BCUT2D eigenvalue weighted by Crippen LogP contribution is -2.22. The van der Waals surface area contributed by atoms with E-state index in [4.69, 9.17) is 0 Å². The van der Waals surface area contributed by atoms with Crippen molar-refractivity contribution in [1.29, 1.82) is 0 Å². The van der Waals surface area contributed by atoms with Gasteiger partial charge in [-0.15, -0.1) is 0 Å². The Morgan fingerprint density at radius 3 is 2.29 bits per heavy atom. The van der Waals surface area contributed by atoms with E-state index >= 15 is 0 Å². The first-order valence-electron chi connectivity index (χ1n) is 7.35. The van der Waals surface area contributed by atoms with Crippen LogP contribution in [-0.4, -0.2) is 9.78 Å². The van der Waals surface area contributed by atoms with Crippen molar-refractivity contribution >= 4 is 37.5 Å². The second-order valence-corrected chi connectivity index (χ2v) is 7.05. The van der Waals surface area contributed by atoms with Gasteiger partial charge >= 0.3 is 0 Å². The van der Waals surface area contributed by atoms with Gasteiger partial charge in [0.25, 0.3) is 5.56 Å². The third-order valence-corrected chi connectivity index (χ3v) is 5.01. The van der Waals surface area contributed by atoms with E-state index in [0.717, 1.165) is 15.6 Å². The standard InChI is InChI=1S/C18H15Br2N3O/c1-23-18(24)16(20)15(11-21-23)22-17(12-5-3-2-4-6-12)13-7-9-14(19)10-8-13/h2-11,17,22H,1H3. The Bertz CT molecular complexity index is 892. The maximum atomic E-state index is 12.1. The summed E-state index contributed by atoms with van der Waals surface area (Å²) in [5.74, 6) is 0. The minimum atomic E-state index is -0.178. The van der Waals surface area contributed by atoms with Crippen LogP contribution in [0, 0.1) is 0 Å². The molecule has 1 unspecified atom stereocenters. The number of nitrogens with one attached hydrogen (secondary N) is 1. The molecule has 0 spiro atoms. The molecule has 1 heterocycles. The molecule has 24 heavy (non-hydrogen) atoms. The molecule has 0 aliphatic rings. The summed E-state index contributed by atoms with van der Waals surface area (Å²) in [6, 6.07) is 18.1. The predicted molar refractivity (Wildman–Crippen MR) is 103 cm³/mol. The van der Waals surface area contributed by atoms with Gasteiger partial charge in [0.05, 0.1) is 17.9 Å². The van der Waals surface area contributed by atoms with Gasteiger partial charge < -0.3 is 5.32 Å². The number of aromatic nitrogens is 2. The number of benzene rings is 2. The Kier molecular flexibility index (Phi) is 5.16. The summed E-state index contributed by atoms with van der Waals surface area (Å²) in [7, 11) is 1.63. The van der Waals surface area contributed by atoms with Crippen LogP contribution in [-0.2, 0) is 7.05 Å². The van der Waals surface area contributed by atoms with Crippen LogP contribution in [0.4, 0.5) is 5.69 Å². The van der Waals surface area contributed by atoms with Gasteiger partial charge in [-0.1, -0.05) is 58.4 Å². The molecule has 0 bridgehead atoms. The highest BCUT2D eigenvalue weighted by atomic mass is 79.9. The molecule has 2 aromatic carbocycles. The fourth-order valence-electron chi connectivity index (χ4n) is 2.43. The molecule has 1 N–H and O–H groups in total. The molecule has 0 amide bonds. The van der Waals surface area contributed by atoms with Crippen LogP contribution in [0.5, 0.6) is 0 Å². The van der Waals surface area contributed by atoms with E-state index in [1.165, 1.54) is 4.68 Å². The molecule has 0 aliphatic heterocycles. The summed E-state index contributed by atoms with van der Waals surface area (Å²) < 4.78 is 2.79. The van der Waals surface area contributed by atoms with Gasteiger partial charge in [-0.05, 0) is 39.2 Å². The van der Waals surface area contributed by atoms with Crippen LogP contribution in [0.1, 0.15) is 17.2 Å². The molecule has 0 aliphatic carbocycles. The Morgan fingerprint density at radius 2 is 1.62 bits per heavy atom. The lowest BCUT2D eigenvalue weighted by molar-refractivity contribution is 0.702. The zero-order valence-electron chi connectivity index (χ0n) is 12.9. The number of hydrogen-bond donors (Lipinski definition) is 1. The zero-order chi connectivity index (χ0) is 17.1. The van der Waals surface area contributed by atoms with E-state index in [0.29, 0.717) is 10.2 Å². The van der Waals surface area contributed by atoms with Gasteiger partial charge in [-0.3, -0.25) is 4.79 Å². The van der Waals surface area contributed by atoms with Crippen molar-refractivity contribution < 1.29 is 0 Å². The van der Waals surface area contributed by atoms with Crippen molar-refractivity contribution in [3.05, 3.63) is 91.2 Å². The van der Waals surface area contributed by atoms with Crippen LogP contribution >= 0.6 is 31.9 Å². The summed E-state index contributed by atoms with van der Waals surface area (Å²) in [5, 5.41) is 7.53. The average Bonchev–Trinajstić information content (AvgIpc) is 2.61. The van der Waals surface area contributed by atoms with Gasteiger partial charge in [0.2, 0.25) is 0 Å². The minimum absolute atomic E-state index is 0.0930. The van der Waals surface area contributed by atoms with Gasteiger partial charge in [0.15, 0.2) is 0 Å².